The van der Waals surface area contributed by atoms with Crippen molar-refractivity contribution < 1.29 is 14.3 Å². The minimum Gasteiger partial charge on any atom is -0.504 e. The van der Waals surface area contributed by atoms with Gasteiger partial charge in [0.25, 0.3) is 0 Å². The van der Waals surface area contributed by atoms with E-state index in [0.717, 1.165) is 54.4 Å². The van der Waals surface area contributed by atoms with Crippen LogP contribution in [0.4, 0.5) is 10.1 Å². The topological polar surface area (TPSA) is 65.5 Å². The van der Waals surface area contributed by atoms with Crippen LogP contribution in [-0.2, 0) is 0 Å². The number of phenols is 1. The maximum atomic E-state index is 14.1. The monoisotopic (exact) mass is 483 g/mol. The van der Waals surface area contributed by atoms with E-state index in [1.165, 1.54) is 12.1 Å². The molecule has 0 unspecified atom stereocenters. The van der Waals surface area contributed by atoms with Crippen molar-refractivity contribution in [1.82, 2.24) is 9.88 Å². The highest BCUT2D eigenvalue weighted by molar-refractivity contribution is 6.32. The molecule has 0 aliphatic heterocycles. The Kier molecular flexibility index (Phi) is 7.39. The summed E-state index contributed by atoms with van der Waals surface area (Å²) in [5, 5.41) is 14.1. The molecule has 180 valence electrons. The number of pyridine rings is 1. The van der Waals surface area contributed by atoms with Gasteiger partial charge in [-0.05, 0) is 81.1 Å². The lowest BCUT2D eigenvalue weighted by Gasteiger charge is -2.32. The summed E-state index contributed by atoms with van der Waals surface area (Å²) in [5.41, 5.74) is 3.40. The van der Waals surface area contributed by atoms with E-state index >= 15 is 0 Å². The summed E-state index contributed by atoms with van der Waals surface area (Å²) in [6.07, 6.45) is 6.42. The van der Waals surface area contributed by atoms with Crippen LogP contribution in [0.2, 0.25) is 5.02 Å². The van der Waals surface area contributed by atoms with Gasteiger partial charge < -0.3 is 15.3 Å². The average Bonchev–Trinajstić information content (AvgIpc) is 2.82. The zero-order valence-electron chi connectivity index (χ0n) is 19.9. The number of fused-ring (bicyclic) bond motifs is 1. The molecule has 0 radical (unpaired) electrons. The Morgan fingerprint density at radius 1 is 1.18 bits per heavy atom. The number of anilines is 1. The fraction of sp³-hybridized carbons (Fsp3) is 0.407. The lowest BCUT2D eigenvalue weighted by Crippen LogP contribution is -2.31. The molecule has 0 atom stereocenters. The van der Waals surface area contributed by atoms with Gasteiger partial charge >= 0.3 is 0 Å². The van der Waals surface area contributed by atoms with Crippen LogP contribution < -0.4 is 5.32 Å². The zero-order valence-corrected chi connectivity index (χ0v) is 20.6. The largest absolute Gasteiger partial charge is 0.504 e. The fourth-order valence-corrected chi connectivity index (χ4v) is 5.08. The molecule has 1 fully saturated rings. The number of hydrogen-bond donors (Lipinski definition) is 2. The summed E-state index contributed by atoms with van der Waals surface area (Å²) in [7, 11) is 4.22. The van der Waals surface area contributed by atoms with E-state index in [1.807, 2.05) is 25.1 Å². The number of ketones is 1. The highest BCUT2D eigenvalue weighted by Crippen LogP contribution is 2.37. The molecule has 1 aliphatic rings. The van der Waals surface area contributed by atoms with Crippen LogP contribution in [0.5, 0.6) is 5.75 Å². The van der Waals surface area contributed by atoms with Crippen molar-refractivity contribution in [1.29, 1.82) is 0 Å². The Morgan fingerprint density at radius 3 is 2.56 bits per heavy atom. The summed E-state index contributed by atoms with van der Waals surface area (Å²) in [5.74, 6) is -0.610. The highest BCUT2D eigenvalue weighted by Gasteiger charge is 2.24. The normalized spacial score (nSPS) is 18.4. The molecule has 1 saturated carbocycles. The van der Waals surface area contributed by atoms with Crippen LogP contribution in [0.15, 0.2) is 36.5 Å². The number of nitrogens with one attached hydrogen (secondary N) is 1. The smallest absolute Gasteiger partial charge is 0.170 e. The third kappa shape index (κ3) is 5.18. The average molecular weight is 484 g/mol. The summed E-state index contributed by atoms with van der Waals surface area (Å²) in [4.78, 5) is 19.6. The van der Waals surface area contributed by atoms with E-state index in [2.05, 4.69) is 29.3 Å². The molecular weight excluding hydrogens is 453 g/mol. The second-order valence-electron chi connectivity index (χ2n) is 9.47. The van der Waals surface area contributed by atoms with Gasteiger partial charge in [0.2, 0.25) is 0 Å². The summed E-state index contributed by atoms with van der Waals surface area (Å²) >= 11 is 6.01. The van der Waals surface area contributed by atoms with Gasteiger partial charge in [0.1, 0.15) is 0 Å². The van der Waals surface area contributed by atoms with Crippen LogP contribution in [0.3, 0.4) is 0 Å². The lowest BCUT2D eigenvalue weighted by molar-refractivity contribution is 0.0988. The molecule has 1 aromatic heterocycles. The number of carbonyl (C=O) groups is 1. The Bertz CT molecular complexity index is 1180. The fourth-order valence-electron chi connectivity index (χ4n) is 4.87. The Labute approximate surface area is 204 Å². The van der Waals surface area contributed by atoms with Gasteiger partial charge in [0.05, 0.1) is 21.8 Å². The van der Waals surface area contributed by atoms with Gasteiger partial charge in [0.15, 0.2) is 17.3 Å². The summed E-state index contributed by atoms with van der Waals surface area (Å²) in [6.45, 7) is 2.94. The Morgan fingerprint density at radius 2 is 1.91 bits per heavy atom. The second kappa shape index (κ2) is 10.3. The molecule has 2 N–H and O–H groups in total. The van der Waals surface area contributed by atoms with Crippen molar-refractivity contribution in [2.24, 2.45) is 5.92 Å². The van der Waals surface area contributed by atoms with Gasteiger partial charge in [-0.25, -0.2) is 4.39 Å². The number of rotatable bonds is 7. The standard InChI is InChI=1S/C27H31ClFN3O2/c1-4-25(33)21-14-30-24-10-7-17(18-12-22(28)27(34)23(29)13-18)11-20(24)26(21)31-19-8-5-16(6-9-19)15-32(2)3/h7,10-14,16,19,34H,4-6,8-9,15H2,1-3H3,(H,30,31)/t16-,19-. The van der Waals surface area contributed by atoms with E-state index < -0.39 is 11.6 Å². The number of Topliss-reactive ketones (excluding diaryl/α,β-unsaturated/α-hetero) is 1. The van der Waals surface area contributed by atoms with Gasteiger partial charge in [-0.2, -0.15) is 0 Å². The molecule has 2 aromatic carbocycles. The lowest BCUT2D eigenvalue weighted by atomic mass is 9.85. The number of phenolic OH excluding ortho intramolecular Hbond substituents is 1. The van der Waals surface area contributed by atoms with Gasteiger partial charge in [0, 0.05) is 30.6 Å². The maximum Gasteiger partial charge on any atom is 0.170 e. The zero-order chi connectivity index (χ0) is 24.4. The Hall–Kier alpha value is -2.70. The molecule has 0 spiro atoms. The minimum atomic E-state index is -0.775. The first-order chi connectivity index (χ1) is 16.3. The molecule has 1 heterocycles. The molecule has 0 amide bonds. The van der Waals surface area contributed by atoms with Crippen LogP contribution in [0.1, 0.15) is 49.4 Å². The van der Waals surface area contributed by atoms with E-state index in [1.54, 1.807) is 6.20 Å². The summed E-state index contributed by atoms with van der Waals surface area (Å²) < 4.78 is 14.1. The molecule has 0 saturated heterocycles. The van der Waals surface area contributed by atoms with E-state index in [4.69, 9.17) is 11.6 Å². The van der Waals surface area contributed by atoms with Gasteiger partial charge in [-0.15, -0.1) is 0 Å². The first-order valence-corrected chi connectivity index (χ1v) is 12.2. The van der Waals surface area contributed by atoms with Crippen LogP contribution >= 0.6 is 11.6 Å². The van der Waals surface area contributed by atoms with Crippen LogP contribution in [0, 0.1) is 11.7 Å². The maximum absolute atomic E-state index is 14.1. The number of aromatic hydroxyl groups is 1. The van der Waals surface area contributed by atoms with E-state index in [-0.39, 0.29) is 16.8 Å². The third-order valence-corrected chi connectivity index (χ3v) is 6.95. The molecule has 5 nitrogen and oxygen atoms in total. The molecule has 4 rings (SSSR count). The van der Waals surface area contributed by atoms with Gasteiger partial charge in [-0.3, -0.25) is 9.78 Å². The first kappa shape index (κ1) is 24.4. The predicted molar refractivity (Wildman–Crippen MR) is 136 cm³/mol. The molecule has 3 aromatic rings. The van der Waals surface area contributed by atoms with E-state index in [9.17, 15) is 14.3 Å². The second-order valence-corrected chi connectivity index (χ2v) is 9.88. The van der Waals surface area contributed by atoms with Crippen molar-refractivity contribution in [2.75, 3.05) is 26.0 Å². The Balaban J connectivity index is 1.72. The number of carbonyl (C=O) groups excluding carboxylic acids is 1. The van der Waals surface area contributed by atoms with Crippen molar-refractivity contribution in [3.8, 4) is 16.9 Å². The first-order valence-electron chi connectivity index (χ1n) is 11.8. The van der Waals surface area contributed by atoms with Crippen molar-refractivity contribution >= 4 is 34.0 Å². The molecule has 7 heteroatoms. The molecule has 34 heavy (non-hydrogen) atoms. The quantitative estimate of drug-likeness (QED) is 0.374. The van der Waals surface area contributed by atoms with E-state index in [0.29, 0.717) is 23.5 Å². The number of halogens is 2. The third-order valence-electron chi connectivity index (χ3n) is 6.66. The van der Waals surface area contributed by atoms with Crippen molar-refractivity contribution in [3.63, 3.8) is 0 Å². The number of hydrogen-bond acceptors (Lipinski definition) is 5. The van der Waals surface area contributed by atoms with Gasteiger partial charge in [-0.1, -0.05) is 24.6 Å². The number of aromatic nitrogens is 1. The summed E-state index contributed by atoms with van der Waals surface area (Å²) in [6, 6.07) is 8.69. The predicted octanol–water partition coefficient (Wildman–Crippen LogP) is 6.52. The van der Waals surface area contributed by atoms with Crippen LogP contribution in [-0.4, -0.2) is 47.5 Å². The van der Waals surface area contributed by atoms with Crippen molar-refractivity contribution in [3.05, 3.63) is 52.9 Å². The molecule has 1 aliphatic carbocycles. The highest BCUT2D eigenvalue weighted by atomic mass is 35.5. The van der Waals surface area contributed by atoms with Crippen molar-refractivity contribution in [2.45, 2.75) is 45.1 Å². The van der Waals surface area contributed by atoms with Crippen LogP contribution in [0.25, 0.3) is 22.0 Å². The number of benzene rings is 2. The SMILES string of the molecule is CCC(=O)c1cnc2ccc(-c3cc(F)c(O)c(Cl)c3)cc2c1N[C@H]1CC[C@H](CN(C)C)CC1. The minimum absolute atomic E-state index is 0.0299. The number of nitrogens with zero attached hydrogens (tertiary/aromatic N) is 2. The molecule has 0 bridgehead atoms. The molecular formula is C27H31ClFN3O2.